The number of ether oxygens (including phenoxy) is 1. The van der Waals surface area contributed by atoms with Crippen molar-refractivity contribution in [2.24, 2.45) is 0 Å². The average Bonchev–Trinajstić information content (AvgIpc) is 2.76. The second-order valence-corrected chi connectivity index (χ2v) is 4.02. The molecule has 0 amide bonds. The van der Waals surface area contributed by atoms with E-state index in [1.807, 2.05) is 0 Å². The first-order valence-electron chi connectivity index (χ1n) is 4.46. The van der Waals surface area contributed by atoms with E-state index >= 15 is 0 Å². The van der Waals surface area contributed by atoms with Gasteiger partial charge in [0.05, 0.1) is 12.4 Å². The third-order valence-corrected chi connectivity index (χ3v) is 2.72. The Kier molecular flexibility index (Phi) is 3.11. The summed E-state index contributed by atoms with van der Waals surface area (Å²) in [7, 11) is 0. The fraction of sp³-hybridized carbons (Fsp3) is 0.100. The van der Waals surface area contributed by atoms with Crippen LogP contribution in [0.4, 0.5) is 0 Å². The Bertz CT molecular complexity index is 484. The van der Waals surface area contributed by atoms with E-state index in [-0.39, 0.29) is 11.5 Å². The summed E-state index contributed by atoms with van der Waals surface area (Å²) in [4.78, 5) is 18.7. The highest BCUT2D eigenvalue weighted by Crippen LogP contribution is 2.15. The summed E-state index contributed by atoms with van der Waals surface area (Å²) in [5.74, 6) is -0.334. The van der Waals surface area contributed by atoms with Gasteiger partial charge in [-0.15, -0.1) is 11.3 Å². The topological polar surface area (TPSA) is 72.3 Å². The highest BCUT2D eigenvalue weighted by Gasteiger charge is 2.08. The number of hydrogen-bond donors (Lipinski definition) is 1. The van der Waals surface area contributed by atoms with E-state index in [4.69, 9.17) is 9.84 Å². The summed E-state index contributed by atoms with van der Waals surface area (Å²) in [5, 5.41) is 9.33. The summed E-state index contributed by atoms with van der Waals surface area (Å²) < 4.78 is 5.38. The van der Waals surface area contributed by atoms with E-state index in [9.17, 15) is 4.79 Å². The maximum absolute atomic E-state index is 10.6. The van der Waals surface area contributed by atoms with Crippen LogP contribution in [0.25, 0.3) is 0 Å². The zero-order valence-electron chi connectivity index (χ0n) is 8.16. The Balaban J connectivity index is 1.97. The van der Waals surface area contributed by atoms with Gasteiger partial charge in [0.25, 0.3) is 0 Å². The minimum Gasteiger partial charge on any atom is -0.485 e. The van der Waals surface area contributed by atoms with Crippen LogP contribution in [-0.2, 0) is 6.61 Å². The third kappa shape index (κ3) is 2.54. The minimum atomic E-state index is -0.967. The van der Waals surface area contributed by atoms with Crippen LogP contribution in [-0.4, -0.2) is 21.0 Å². The number of hydrogen-bond acceptors (Lipinski definition) is 5. The fourth-order valence-corrected chi connectivity index (χ4v) is 1.72. The molecule has 0 spiro atoms. The molecule has 2 rings (SSSR count). The Morgan fingerprint density at radius 1 is 1.50 bits per heavy atom. The molecule has 0 fully saturated rings. The highest BCUT2D eigenvalue weighted by molar-refractivity contribution is 7.13. The van der Waals surface area contributed by atoms with Crippen LogP contribution >= 0.6 is 11.3 Å². The van der Waals surface area contributed by atoms with Crippen LogP contribution in [0.15, 0.2) is 30.7 Å². The molecule has 2 heterocycles. The summed E-state index contributed by atoms with van der Waals surface area (Å²) in [6.07, 6.45) is 4.57. The molecule has 0 unspecified atom stereocenters. The highest BCUT2D eigenvalue weighted by atomic mass is 32.1. The van der Waals surface area contributed by atoms with Crippen molar-refractivity contribution >= 4 is 17.3 Å². The largest absolute Gasteiger partial charge is 0.485 e. The lowest BCUT2D eigenvalue weighted by atomic mass is 10.5. The second kappa shape index (κ2) is 4.71. The van der Waals surface area contributed by atoms with Gasteiger partial charge < -0.3 is 9.84 Å². The van der Waals surface area contributed by atoms with E-state index in [0.29, 0.717) is 10.8 Å². The van der Waals surface area contributed by atoms with Crippen LogP contribution < -0.4 is 4.74 Å². The number of carboxylic acids is 1. The molecule has 82 valence electrons. The molecule has 0 atom stereocenters. The van der Waals surface area contributed by atoms with Gasteiger partial charge in [-0.3, -0.25) is 4.98 Å². The molecule has 0 saturated carbocycles. The summed E-state index contributed by atoms with van der Waals surface area (Å²) in [6, 6.07) is 3.54. The summed E-state index contributed by atoms with van der Waals surface area (Å²) in [5.41, 5.74) is 0. The van der Waals surface area contributed by atoms with Crippen LogP contribution in [0.1, 0.15) is 14.7 Å². The van der Waals surface area contributed by atoms with Gasteiger partial charge >= 0.3 is 5.97 Å². The van der Waals surface area contributed by atoms with E-state index < -0.39 is 5.97 Å². The van der Waals surface area contributed by atoms with Crippen molar-refractivity contribution in [2.75, 3.05) is 0 Å². The first kappa shape index (κ1) is 10.6. The average molecular weight is 236 g/mol. The quantitative estimate of drug-likeness (QED) is 0.876. The lowest BCUT2D eigenvalue weighted by molar-refractivity contribution is 0.0702. The molecule has 1 N–H and O–H groups in total. The maximum Gasteiger partial charge on any atom is 0.347 e. The molecule has 0 aliphatic carbocycles. The Morgan fingerprint density at radius 3 is 3.00 bits per heavy atom. The van der Waals surface area contributed by atoms with Crippen LogP contribution in [0.2, 0.25) is 0 Å². The fourth-order valence-electron chi connectivity index (χ4n) is 1.05. The van der Waals surface area contributed by atoms with Crippen molar-refractivity contribution < 1.29 is 14.6 Å². The first-order valence-corrected chi connectivity index (χ1v) is 5.28. The van der Waals surface area contributed by atoms with Crippen LogP contribution in [0.5, 0.6) is 5.75 Å². The van der Waals surface area contributed by atoms with Gasteiger partial charge in [0, 0.05) is 6.20 Å². The lowest BCUT2D eigenvalue weighted by Crippen LogP contribution is -1.94. The van der Waals surface area contributed by atoms with Gasteiger partial charge in [0.1, 0.15) is 22.2 Å². The number of thiazole rings is 1. The number of aromatic nitrogens is 2. The second-order valence-electron chi connectivity index (χ2n) is 2.90. The van der Waals surface area contributed by atoms with E-state index in [1.54, 1.807) is 24.5 Å². The molecular formula is C10H8N2O3S. The van der Waals surface area contributed by atoms with Gasteiger partial charge in [-0.2, -0.15) is 0 Å². The first-order chi connectivity index (χ1) is 7.75. The predicted molar refractivity (Wildman–Crippen MR) is 57.6 cm³/mol. The van der Waals surface area contributed by atoms with E-state index in [2.05, 4.69) is 9.97 Å². The Morgan fingerprint density at radius 2 is 2.38 bits per heavy atom. The van der Waals surface area contributed by atoms with Crippen molar-refractivity contribution in [2.45, 2.75) is 6.61 Å². The molecule has 0 bridgehead atoms. The molecule has 0 saturated heterocycles. The van der Waals surface area contributed by atoms with Crippen molar-refractivity contribution in [1.29, 1.82) is 0 Å². The van der Waals surface area contributed by atoms with Gasteiger partial charge in [-0.25, -0.2) is 9.78 Å². The molecule has 0 aromatic carbocycles. The third-order valence-electron chi connectivity index (χ3n) is 1.76. The van der Waals surface area contributed by atoms with E-state index in [0.717, 1.165) is 11.3 Å². The maximum atomic E-state index is 10.6. The molecule has 5 nitrogen and oxygen atoms in total. The standard InChI is InChI=1S/C10H8N2O3S/c13-10(14)8-5-12-9(16-8)6-15-7-2-1-3-11-4-7/h1-5H,6H2,(H,13,14). The molecule has 0 radical (unpaired) electrons. The SMILES string of the molecule is O=C(O)c1cnc(COc2cccnc2)s1. The summed E-state index contributed by atoms with van der Waals surface area (Å²) >= 11 is 1.10. The Hall–Kier alpha value is -1.95. The van der Waals surface area contributed by atoms with Crippen LogP contribution in [0.3, 0.4) is 0 Å². The van der Waals surface area contributed by atoms with Crippen molar-refractivity contribution in [3.63, 3.8) is 0 Å². The molecule has 0 aliphatic rings. The molecule has 2 aromatic rings. The Labute approximate surface area is 95.4 Å². The zero-order valence-corrected chi connectivity index (χ0v) is 8.98. The van der Waals surface area contributed by atoms with E-state index in [1.165, 1.54) is 6.20 Å². The predicted octanol–water partition coefficient (Wildman–Crippen LogP) is 1.82. The molecule has 6 heteroatoms. The number of carbonyl (C=O) groups is 1. The van der Waals surface area contributed by atoms with Crippen molar-refractivity contribution in [3.8, 4) is 5.75 Å². The van der Waals surface area contributed by atoms with Gasteiger partial charge in [0.15, 0.2) is 0 Å². The zero-order chi connectivity index (χ0) is 11.4. The molecule has 2 aromatic heterocycles. The smallest absolute Gasteiger partial charge is 0.347 e. The van der Waals surface area contributed by atoms with Gasteiger partial charge in [-0.1, -0.05) is 0 Å². The number of rotatable bonds is 4. The van der Waals surface area contributed by atoms with Crippen LogP contribution in [0, 0.1) is 0 Å². The lowest BCUT2D eigenvalue weighted by Gasteiger charge is -2.01. The van der Waals surface area contributed by atoms with Gasteiger partial charge in [0.2, 0.25) is 0 Å². The number of carboxylic acid groups (broad SMARTS) is 1. The minimum absolute atomic E-state index is 0.213. The molecule has 16 heavy (non-hydrogen) atoms. The monoisotopic (exact) mass is 236 g/mol. The number of aromatic carboxylic acids is 1. The normalized spacial score (nSPS) is 10.0. The number of nitrogens with zero attached hydrogens (tertiary/aromatic N) is 2. The van der Waals surface area contributed by atoms with Crippen molar-refractivity contribution in [3.05, 3.63) is 40.6 Å². The molecular weight excluding hydrogens is 228 g/mol. The van der Waals surface area contributed by atoms with Gasteiger partial charge in [-0.05, 0) is 12.1 Å². The molecule has 0 aliphatic heterocycles. The number of pyridine rings is 1. The summed E-state index contributed by atoms with van der Waals surface area (Å²) in [6.45, 7) is 0.254. The van der Waals surface area contributed by atoms with Crippen molar-refractivity contribution in [1.82, 2.24) is 9.97 Å².